The third kappa shape index (κ3) is 7.23. The summed E-state index contributed by atoms with van der Waals surface area (Å²) in [4.78, 5) is 34.8. The van der Waals surface area contributed by atoms with Gasteiger partial charge in [-0.1, -0.05) is 51.8 Å². The molecule has 0 aliphatic heterocycles. The van der Waals surface area contributed by atoms with Gasteiger partial charge in [-0.2, -0.15) is 0 Å². The fourth-order valence-corrected chi connectivity index (χ4v) is 5.67. The largest absolute Gasteiger partial charge is 0.443 e. The van der Waals surface area contributed by atoms with Gasteiger partial charge >= 0.3 is 6.09 Å². The Bertz CT molecular complexity index is 1410. The van der Waals surface area contributed by atoms with Crippen LogP contribution in [-0.4, -0.2) is 51.7 Å². The number of fused-ring (bicyclic) bond motifs is 1. The lowest BCUT2D eigenvalue weighted by Crippen LogP contribution is -2.46. The highest BCUT2D eigenvalue weighted by molar-refractivity contribution is 5.99. The number of hydrogen-bond acceptors (Lipinski definition) is 5. The van der Waals surface area contributed by atoms with Crippen LogP contribution >= 0.6 is 0 Å². The summed E-state index contributed by atoms with van der Waals surface area (Å²) in [5.41, 5.74) is 10.8. The molecule has 2 N–H and O–H groups in total. The molecule has 42 heavy (non-hydrogen) atoms. The van der Waals surface area contributed by atoms with Crippen LogP contribution in [0.2, 0.25) is 0 Å². The summed E-state index contributed by atoms with van der Waals surface area (Å²) in [5.74, 6) is 0.690. The highest BCUT2D eigenvalue weighted by Gasteiger charge is 2.36. The van der Waals surface area contributed by atoms with Crippen LogP contribution in [0.1, 0.15) is 97.4 Å². The third-order valence-corrected chi connectivity index (χ3v) is 7.48. The monoisotopic (exact) mass is 576 g/mol. The number of ether oxygens (including phenoxy) is 1. The molecule has 1 atom stereocenters. The number of nitrogens with two attached hydrogens (primary N) is 1. The molecular formula is C35H52N4O3. The molecule has 0 saturated heterocycles. The van der Waals surface area contributed by atoms with Crippen LogP contribution in [0.3, 0.4) is 0 Å². The Labute approximate surface area is 252 Å². The molecule has 1 aromatic carbocycles. The van der Waals surface area contributed by atoms with Gasteiger partial charge in [0.15, 0.2) is 0 Å². The lowest BCUT2D eigenvalue weighted by molar-refractivity contribution is -0.137. The Morgan fingerprint density at radius 1 is 0.929 bits per heavy atom. The molecule has 2 aromatic heterocycles. The van der Waals surface area contributed by atoms with E-state index in [0.29, 0.717) is 37.1 Å². The van der Waals surface area contributed by atoms with Gasteiger partial charge in [0.05, 0.1) is 11.1 Å². The van der Waals surface area contributed by atoms with Crippen molar-refractivity contribution in [2.45, 2.75) is 100 Å². The third-order valence-electron chi connectivity index (χ3n) is 7.48. The molecule has 3 aromatic rings. The van der Waals surface area contributed by atoms with Gasteiger partial charge in [0.1, 0.15) is 11.2 Å². The molecule has 0 spiro atoms. The molecule has 0 radical (unpaired) electrons. The molecule has 3 rings (SSSR count). The number of nitrogens with zero attached hydrogens (tertiary/aromatic N) is 3. The predicted molar refractivity (Wildman–Crippen MR) is 173 cm³/mol. The van der Waals surface area contributed by atoms with Gasteiger partial charge < -0.3 is 15.4 Å². The van der Waals surface area contributed by atoms with E-state index in [4.69, 9.17) is 15.5 Å². The van der Waals surface area contributed by atoms with Crippen LogP contribution in [0, 0.1) is 25.7 Å². The number of benzene rings is 1. The lowest BCUT2D eigenvalue weighted by Gasteiger charge is -2.34. The van der Waals surface area contributed by atoms with Gasteiger partial charge in [-0.25, -0.2) is 14.3 Å². The summed E-state index contributed by atoms with van der Waals surface area (Å²) in [5, 5.41) is 0.811. The number of carbonyl (C=O) groups excluding carboxylic acids is 2. The Balaban J connectivity index is 2.36. The van der Waals surface area contributed by atoms with Gasteiger partial charge in [-0.15, -0.1) is 0 Å². The zero-order chi connectivity index (χ0) is 31.7. The average molecular weight is 577 g/mol. The summed E-state index contributed by atoms with van der Waals surface area (Å²) < 4.78 is 7.51. The maximum absolute atomic E-state index is 14.1. The predicted octanol–water partition coefficient (Wildman–Crippen LogP) is 7.58. The Hall–Kier alpha value is -3.19. The molecule has 0 bridgehead atoms. The van der Waals surface area contributed by atoms with Crippen molar-refractivity contribution in [1.82, 2.24) is 14.5 Å². The Morgan fingerprint density at radius 3 is 1.95 bits per heavy atom. The van der Waals surface area contributed by atoms with Crippen molar-refractivity contribution in [3.63, 3.8) is 0 Å². The molecule has 2 heterocycles. The normalized spacial score (nSPS) is 13.2. The van der Waals surface area contributed by atoms with E-state index < -0.39 is 17.1 Å². The van der Waals surface area contributed by atoms with E-state index in [2.05, 4.69) is 52.8 Å². The highest BCUT2D eigenvalue weighted by atomic mass is 16.6. The van der Waals surface area contributed by atoms with Crippen molar-refractivity contribution in [2.24, 2.45) is 17.6 Å². The molecule has 7 heteroatoms. The first kappa shape index (κ1) is 33.3. The van der Waals surface area contributed by atoms with E-state index >= 15 is 0 Å². The molecule has 0 aliphatic carbocycles. The van der Waals surface area contributed by atoms with Crippen LogP contribution in [0.15, 0.2) is 30.5 Å². The minimum Gasteiger partial charge on any atom is -0.443 e. The second-order valence-corrected chi connectivity index (χ2v) is 14.3. The van der Waals surface area contributed by atoms with Crippen molar-refractivity contribution in [1.29, 1.82) is 0 Å². The summed E-state index contributed by atoms with van der Waals surface area (Å²) in [7, 11) is 0. The first-order valence-corrected chi connectivity index (χ1v) is 15.2. The van der Waals surface area contributed by atoms with E-state index in [9.17, 15) is 9.59 Å². The average Bonchev–Trinajstić information content (AvgIpc) is 3.20. The zero-order valence-electron chi connectivity index (χ0n) is 27.9. The van der Waals surface area contributed by atoms with Crippen molar-refractivity contribution in [3.8, 4) is 11.3 Å². The Kier molecular flexibility index (Phi) is 9.98. The zero-order valence-corrected chi connectivity index (χ0v) is 27.9. The van der Waals surface area contributed by atoms with E-state index in [0.717, 1.165) is 38.9 Å². The van der Waals surface area contributed by atoms with Crippen molar-refractivity contribution in [2.75, 3.05) is 19.6 Å². The van der Waals surface area contributed by atoms with Crippen LogP contribution in [0.4, 0.5) is 4.79 Å². The topological polar surface area (TPSA) is 90.5 Å². The van der Waals surface area contributed by atoms with E-state index in [1.54, 1.807) is 10.8 Å². The number of carbonyl (C=O) groups is 2. The SMILES string of the molecule is Cc1cc(C)cc(-c2c([C@H](C)CN)c3cc(C(C)(C)C(=O)N(CC(C)C)CC(C)C)cnc3n2C(=O)OC(C)(C)C)c1. The van der Waals surface area contributed by atoms with Crippen LogP contribution < -0.4 is 5.73 Å². The van der Waals surface area contributed by atoms with Crippen molar-refractivity contribution in [3.05, 3.63) is 52.7 Å². The molecule has 7 nitrogen and oxygen atoms in total. The summed E-state index contributed by atoms with van der Waals surface area (Å²) in [6.45, 7) is 26.0. The second kappa shape index (κ2) is 12.6. The molecular weight excluding hydrogens is 524 g/mol. The van der Waals surface area contributed by atoms with Crippen LogP contribution in [0.5, 0.6) is 0 Å². The van der Waals surface area contributed by atoms with E-state index in [1.807, 2.05) is 59.4 Å². The number of hydrogen-bond donors (Lipinski definition) is 1. The minimum absolute atomic E-state index is 0.0700. The molecule has 0 fully saturated rings. The van der Waals surface area contributed by atoms with Crippen molar-refractivity contribution < 1.29 is 14.3 Å². The second-order valence-electron chi connectivity index (χ2n) is 14.3. The number of pyridine rings is 1. The van der Waals surface area contributed by atoms with E-state index in [-0.39, 0.29) is 11.8 Å². The van der Waals surface area contributed by atoms with Crippen LogP contribution in [0.25, 0.3) is 22.3 Å². The summed E-state index contributed by atoms with van der Waals surface area (Å²) in [6, 6.07) is 8.32. The lowest BCUT2D eigenvalue weighted by atomic mass is 9.82. The van der Waals surface area contributed by atoms with Crippen molar-refractivity contribution >= 4 is 23.0 Å². The Morgan fingerprint density at radius 2 is 1.48 bits per heavy atom. The van der Waals surface area contributed by atoms with Crippen LogP contribution in [-0.2, 0) is 14.9 Å². The molecule has 0 saturated carbocycles. The van der Waals surface area contributed by atoms with Gasteiger partial charge in [-0.3, -0.25) is 4.79 Å². The highest BCUT2D eigenvalue weighted by Crippen LogP contribution is 2.40. The van der Waals surface area contributed by atoms with Gasteiger partial charge in [0.2, 0.25) is 5.91 Å². The quantitative estimate of drug-likeness (QED) is 0.283. The molecule has 0 unspecified atom stereocenters. The number of rotatable bonds is 9. The van der Waals surface area contributed by atoms with Gasteiger partial charge in [0.25, 0.3) is 0 Å². The molecule has 230 valence electrons. The minimum atomic E-state index is -0.831. The first-order chi connectivity index (χ1) is 19.4. The fraction of sp³-hybridized carbons (Fsp3) is 0.571. The van der Waals surface area contributed by atoms with E-state index in [1.165, 1.54) is 0 Å². The smallest absolute Gasteiger partial charge is 0.420 e. The first-order valence-electron chi connectivity index (χ1n) is 15.2. The maximum atomic E-state index is 14.1. The summed E-state index contributed by atoms with van der Waals surface area (Å²) in [6.07, 6.45) is 1.25. The van der Waals surface area contributed by atoms with Gasteiger partial charge in [-0.05, 0) is 108 Å². The number of amides is 1. The standard InChI is InChI=1S/C35H52N4O3/c1-21(2)19-38(20-22(3)4)32(40)35(11,12)27-16-28-29(25(7)17-36)30(26-14-23(5)13-24(6)15-26)39(31(28)37-18-27)33(41)42-34(8,9)10/h13-16,18,21-22,25H,17,19-20,36H2,1-12H3/t25-/m1/s1. The number of aryl methyl sites for hydroxylation is 2. The van der Waals surface area contributed by atoms with Gasteiger partial charge in [0, 0.05) is 24.7 Å². The molecule has 1 amide bonds. The maximum Gasteiger partial charge on any atom is 0.420 e. The number of aromatic nitrogens is 2. The molecule has 0 aliphatic rings. The summed E-state index contributed by atoms with van der Waals surface area (Å²) >= 11 is 0. The fourth-order valence-electron chi connectivity index (χ4n) is 5.67.